The molecule has 2 unspecified atom stereocenters. The van der Waals surface area contributed by atoms with E-state index in [-0.39, 0.29) is 5.91 Å². The summed E-state index contributed by atoms with van der Waals surface area (Å²) in [5, 5.41) is 11.0. The summed E-state index contributed by atoms with van der Waals surface area (Å²) < 4.78 is 10.9. The summed E-state index contributed by atoms with van der Waals surface area (Å²) in [5.74, 6) is 2.54. The van der Waals surface area contributed by atoms with E-state index in [0.29, 0.717) is 24.8 Å². The topological polar surface area (TPSA) is 82.9 Å². The number of nitrogens with zero attached hydrogens (tertiary/aromatic N) is 3. The number of para-hydroxylation sites is 1. The fourth-order valence-electron chi connectivity index (χ4n) is 5.56. The van der Waals surface area contributed by atoms with E-state index in [9.17, 15) is 4.79 Å². The zero-order valence-corrected chi connectivity index (χ0v) is 22.3. The van der Waals surface area contributed by atoms with Gasteiger partial charge in [0.2, 0.25) is 5.91 Å². The van der Waals surface area contributed by atoms with Gasteiger partial charge in [-0.2, -0.15) is 0 Å². The summed E-state index contributed by atoms with van der Waals surface area (Å²) in [6.07, 6.45) is 2.37. The van der Waals surface area contributed by atoms with E-state index in [1.54, 1.807) is 7.11 Å². The van der Waals surface area contributed by atoms with E-state index < -0.39 is 0 Å². The summed E-state index contributed by atoms with van der Waals surface area (Å²) in [5.41, 5.74) is 3.34. The van der Waals surface area contributed by atoms with Crippen molar-refractivity contribution in [2.75, 3.05) is 51.3 Å². The number of benzene rings is 2. The first-order valence-corrected chi connectivity index (χ1v) is 13.7. The second-order valence-corrected chi connectivity index (χ2v) is 10.4. The highest BCUT2D eigenvalue weighted by atomic mass is 16.5. The SMILES string of the molecule is COc1ccc(CNC(=O)CC2CCNCC2Cc2cc(CN3CCN(c4ccccc4)CC3)on2)cc1. The standard InChI is InChI=1S/C30H39N5O3/c1-37-28-9-7-23(8-10-28)20-32-30(36)18-24-11-12-31-21-25(24)17-26-19-29(38-33-26)22-34-13-15-35(16-14-34)27-5-3-2-4-6-27/h2-10,19,24-25,31H,11-18,20-22H2,1H3,(H,32,36). The van der Waals surface area contributed by atoms with E-state index in [1.165, 1.54) is 5.69 Å². The minimum absolute atomic E-state index is 0.105. The highest BCUT2D eigenvalue weighted by Gasteiger charge is 2.28. The Bertz CT molecular complexity index is 1140. The van der Waals surface area contributed by atoms with Crippen molar-refractivity contribution < 1.29 is 14.1 Å². The monoisotopic (exact) mass is 517 g/mol. The van der Waals surface area contributed by atoms with Crippen LogP contribution in [0.1, 0.15) is 29.9 Å². The van der Waals surface area contributed by atoms with Gasteiger partial charge in [0.05, 0.1) is 19.3 Å². The molecule has 3 heterocycles. The molecule has 8 nitrogen and oxygen atoms in total. The lowest BCUT2D eigenvalue weighted by Gasteiger charge is -2.35. The molecule has 2 saturated heterocycles. The molecule has 0 aliphatic carbocycles. The van der Waals surface area contributed by atoms with E-state index in [4.69, 9.17) is 9.26 Å². The Labute approximate surface area is 225 Å². The molecule has 2 N–H and O–H groups in total. The lowest BCUT2D eigenvalue weighted by molar-refractivity contribution is -0.122. The van der Waals surface area contributed by atoms with Crippen molar-refractivity contribution in [2.45, 2.75) is 32.4 Å². The number of piperazine rings is 1. The van der Waals surface area contributed by atoms with Gasteiger partial charge in [-0.1, -0.05) is 35.5 Å². The van der Waals surface area contributed by atoms with Gasteiger partial charge in [0.25, 0.3) is 0 Å². The average Bonchev–Trinajstić information content (AvgIpc) is 3.40. The van der Waals surface area contributed by atoms with Crippen molar-refractivity contribution in [3.05, 3.63) is 77.7 Å². The van der Waals surface area contributed by atoms with E-state index in [2.05, 4.69) is 62.0 Å². The van der Waals surface area contributed by atoms with Crippen LogP contribution < -0.4 is 20.3 Å². The number of carbonyl (C=O) groups excluding carboxylic acids is 1. The largest absolute Gasteiger partial charge is 0.497 e. The lowest BCUT2D eigenvalue weighted by Crippen LogP contribution is -2.45. The van der Waals surface area contributed by atoms with E-state index >= 15 is 0 Å². The van der Waals surface area contributed by atoms with Gasteiger partial charge in [-0.05, 0) is 67.6 Å². The molecule has 38 heavy (non-hydrogen) atoms. The molecule has 0 bridgehead atoms. The Kier molecular flexibility index (Phi) is 8.94. The Morgan fingerprint density at radius 2 is 1.87 bits per heavy atom. The van der Waals surface area contributed by atoms with Crippen LogP contribution in [0, 0.1) is 11.8 Å². The maximum absolute atomic E-state index is 12.7. The number of piperidine rings is 1. The van der Waals surface area contributed by atoms with E-state index in [0.717, 1.165) is 81.4 Å². The van der Waals surface area contributed by atoms with Crippen molar-refractivity contribution in [2.24, 2.45) is 11.8 Å². The predicted molar refractivity (Wildman–Crippen MR) is 148 cm³/mol. The van der Waals surface area contributed by atoms with Crippen molar-refractivity contribution in [3.8, 4) is 5.75 Å². The Balaban J connectivity index is 1.08. The first-order valence-electron chi connectivity index (χ1n) is 13.7. The normalized spacial score (nSPS) is 20.3. The molecule has 0 spiro atoms. The molecule has 8 heteroatoms. The van der Waals surface area contributed by atoms with Crippen molar-refractivity contribution in [1.82, 2.24) is 20.7 Å². The third-order valence-electron chi connectivity index (χ3n) is 7.81. The maximum Gasteiger partial charge on any atom is 0.220 e. The van der Waals surface area contributed by atoms with Gasteiger partial charge >= 0.3 is 0 Å². The van der Waals surface area contributed by atoms with Crippen LogP contribution in [0.2, 0.25) is 0 Å². The summed E-state index contributed by atoms with van der Waals surface area (Å²) >= 11 is 0. The molecule has 0 radical (unpaired) electrons. The molecular weight excluding hydrogens is 478 g/mol. The van der Waals surface area contributed by atoms with Crippen LogP contribution in [0.3, 0.4) is 0 Å². The first kappa shape index (κ1) is 26.3. The Morgan fingerprint density at radius 3 is 2.63 bits per heavy atom. The fraction of sp³-hybridized carbons (Fsp3) is 0.467. The minimum atomic E-state index is 0.105. The van der Waals surface area contributed by atoms with Crippen molar-refractivity contribution in [1.29, 1.82) is 0 Å². The number of rotatable bonds is 10. The van der Waals surface area contributed by atoms with Crippen molar-refractivity contribution in [3.63, 3.8) is 0 Å². The predicted octanol–water partition coefficient (Wildman–Crippen LogP) is 3.48. The van der Waals surface area contributed by atoms with Crippen LogP contribution in [0.4, 0.5) is 5.69 Å². The van der Waals surface area contributed by atoms with Crippen LogP contribution in [0.5, 0.6) is 5.75 Å². The molecule has 202 valence electrons. The smallest absolute Gasteiger partial charge is 0.220 e. The molecule has 2 fully saturated rings. The molecule has 2 atom stereocenters. The fourth-order valence-corrected chi connectivity index (χ4v) is 5.56. The van der Waals surface area contributed by atoms with Crippen molar-refractivity contribution >= 4 is 11.6 Å². The van der Waals surface area contributed by atoms with Gasteiger partial charge in [0.1, 0.15) is 5.75 Å². The third kappa shape index (κ3) is 7.14. The second-order valence-electron chi connectivity index (χ2n) is 10.4. The molecule has 1 amide bonds. The minimum Gasteiger partial charge on any atom is -0.497 e. The highest BCUT2D eigenvalue weighted by molar-refractivity contribution is 5.76. The number of hydrogen-bond donors (Lipinski definition) is 2. The first-order chi connectivity index (χ1) is 18.7. The molecule has 2 aromatic carbocycles. The summed E-state index contributed by atoms with van der Waals surface area (Å²) in [7, 11) is 1.65. The molecular formula is C30H39N5O3. The second kappa shape index (κ2) is 12.9. The van der Waals surface area contributed by atoms with Gasteiger partial charge in [-0.3, -0.25) is 9.69 Å². The summed E-state index contributed by atoms with van der Waals surface area (Å²) in [4.78, 5) is 17.6. The number of methoxy groups -OCH3 is 1. The van der Waals surface area contributed by atoms with Crippen LogP contribution in [0.25, 0.3) is 0 Å². The van der Waals surface area contributed by atoms with Crippen LogP contribution in [0.15, 0.2) is 65.2 Å². The van der Waals surface area contributed by atoms with Gasteiger partial charge in [0.15, 0.2) is 5.76 Å². The van der Waals surface area contributed by atoms with Gasteiger partial charge in [-0.25, -0.2) is 0 Å². The summed E-state index contributed by atoms with van der Waals surface area (Å²) in [6, 6.07) is 20.5. The number of ether oxygens (including phenoxy) is 1. The Morgan fingerprint density at radius 1 is 1.08 bits per heavy atom. The number of aromatic nitrogens is 1. The molecule has 0 saturated carbocycles. The van der Waals surface area contributed by atoms with Gasteiger partial charge in [0, 0.05) is 50.9 Å². The lowest BCUT2D eigenvalue weighted by atomic mass is 9.81. The van der Waals surface area contributed by atoms with Crippen LogP contribution in [-0.2, 0) is 24.3 Å². The number of carbonyl (C=O) groups is 1. The molecule has 2 aliphatic rings. The highest BCUT2D eigenvalue weighted by Crippen LogP contribution is 2.27. The number of nitrogens with one attached hydrogen (secondary N) is 2. The number of amides is 1. The zero-order valence-electron chi connectivity index (χ0n) is 22.3. The third-order valence-corrected chi connectivity index (χ3v) is 7.81. The molecule has 5 rings (SSSR count). The Hall–Kier alpha value is -3.36. The zero-order chi connectivity index (χ0) is 26.2. The number of hydrogen-bond acceptors (Lipinski definition) is 7. The molecule has 3 aromatic rings. The van der Waals surface area contributed by atoms with Crippen LogP contribution >= 0.6 is 0 Å². The molecule has 2 aliphatic heterocycles. The average molecular weight is 518 g/mol. The van der Waals surface area contributed by atoms with Gasteiger partial charge < -0.3 is 24.8 Å². The van der Waals surface area contributed by atoms with Crippen LogP contribution in [-0.4, -0.2) is 62.3 Å². The van der Waals surface area contributed by atoms with E-state index in [1.807, 2.05) is 24.3 Å². The quantitative estimate of drug-likeness (QED) is 0.426. The maximum atomic E-state index is 12.7. The van der Waals surface area contributed by atoms with Gasteiger partial charge in [-0.15, -0.1) is 0 Å². The number of anilines is 1. The summed E-state index contributed by atoms with van der Waals surface area (Å²) in [6.45, 7) is 7.21. The molecule has 1 aromatic heterocycles.